The van der Waals surface area contributed by atoms with E-state index in [0.717, 1.165) is 39.0 Å². The molecule has 1 spiro atoms. The molecule has 4 atom stereocenters. The number of esters is 1. The Kier molecular flexibility index (Phi) is 14.7. The van der Waals surface area contributed by atoms with E-state index in [-0.39, 0.29) is 63.7 Å². The van der Waals surface area contributed by atoms with Crippen LogP contribution >= 0.6 is 11.3 Å². The second kappa shape index (κ2) is 20.4. The van der Waals surface area contributed by atoms with Gasteiger partial charge in [-0.05, 0) is 68.5 Å². The van der Waals surface area contributed by atoms with E-state index in [2.05, 4.69) is 62.2 Å². The number of cyclic esters (lactones) is 1. The number of pyridine rings is 1. The smallest absolute Gasteiger partial charge is 0.378 e. The molecule has 3 fully saturated rings. The van der Waals surface area contributed by atoms with Gasteiger partial charge in [0.1, 0.15) is 23.3 Å². The number of likely N-dealkylation sites (N-methyl/N-ethyl adjacent to an activating group) is 1. The average Bonchev–Trinajstić information content (AvgIpc) is 3.94. The molecule has 1 unspecified atom stereocenters. The number of amides is 5. The van der Waals surface area contributed by atoms with Gasteiger partial charge in [0.05, 0.1) is 54.6 Å². The SMILES string of the molecule is C=CC(=O)N1CC2(COCCN2C(=O)N(C)[C@H](C(=O)NC(=N)C2Cc3nc(cs3)-c3ccc4c(c3)c(c(-c3cccnc3[C@H](C)OC)n4CC)CC(C)(C)COC(=O)[C@@H]3CCCN(C2=O)[N+]3=C)C(C)C)C1. The topological polar surface area (TPSA) is 196 Å². The largest absolute Gasteiger partial charge is 0.460 e. The molecule has 18 nitrogen and oxygen atoms in total. The number of hydrogen-bond acceptors (Lipinski definition) is 12. The molecule has 0 radical (unpaired) electrons. The highest BCUT2D eigenvalue weighted by Crippen LogP contribution is 2.42. The van der Waals surface area contributed by atoms with E-state index in [9.17, 15) is 29.4 Å². The maximum Gasteiger partial charge on any atom is 0.378 e. The number of benzene rings is 1. The lowest BCUT2D eigenvalue weighted by Crippen LogP contribution is -2.77. The number of likely N-dealkylation sites (tertiary alicyclic amines) is 1. The highest BCUT2D eigenvalue weighted by molar-refractivity contribution is 7.10. The second-order valence-corrected chi connectivity index (χ2v) is 21.3. The molecule has 2 N–H and O–H groups in total. The molecule has 1 aromatic carbocycles. The Morgan fingerprint density at radius 3 is 2.61 bits per heavy atom. The van der Waals surface area contributed by atoms with Gasteiger partial charge >= 0.3 is 12.0 Å². The van der Waals surface area contributed by atoms with Crippen LogP contribution in [0.25, 0.3) is 33.4 Å². The number of carbonyl (C=O) groups is 5. The van der Waals surface area contributed by atoms with Crippen LogP contribution in [0.5, 0.6) is 0 Å². The van der Waals surface area contributed by atoms with Gasteiger partial charge in [-0.2, -0.15) is 0 Å². The highest BCUT2D eigenvalue weighted by atomic mass is 32.1. The van der Waals surface area contributed by atoms with Gasteiger partial charge in [-0.15, -0.1) is 21.0 Å². The molecule has 8 rings (SSSR count). The molecule has 4 aliphatic rings. The zero-order valence-corrected chi connectivity index (χ0v) is 43.0. The number of methoxy groups -OCH3 is 1. The van der Waals surface area contributed by atoms with Gasteiger partial charge < -0.3 is 38.8 Å². The molecule has 4 aliphatic heterocycles. The van der Waals surface area contributed by atoms with Crippen molar-refractivity contribution in [2.24, 2.45) is 17.3 Å². The van der Waals surface area contributed by atoms with Gasteiger partial charge in [0.25, 0.3) is 11.9 Å². The Morgan fingerprint density at radius 2 is 1.90 bits per heavy atom. The predicted molar refractivity (Wildman–Crippen MR) is 270 cm³/mol. The van der Waals surface area contributed by atoms with Gasteiger partial charge in [0, 0.05) is 92.2 Å². The van der Waals surface area contributed by atoms with Crippen LogP contribution in [-0.4, -0.2) is 159 Å². The summed E-state index contributed by atoms with van der Waals surface area (Å²) in [6.45, 7) is 22.0. The Labute approximate surface area is 419 Å². The van der Waals surface area contributed by atoms with Gasteiger partial charge in [-0.3, -0.25) is 24.8 Å². The number of rotatable bonds is 9. The van der Waals surface area contributed by atoms with Crippen LogP contribution in [0.1, 0.15) is 76.8 Å². The maximum absolute atomic E-state index is 14.9. The number of nitrogens with one attached hydrogen (secondary N) is 2. The first-order chi connectivity index (χ1) is 33.8. The zero-order valence-electron chi connectivity index (χ0n) is 42.2. The summed E-state index contributed by atoms with van der Waals surface area (Å²) in [7, 11) is 3.22. The minimum absolute atomic E-state index is 0.0427. The molecule has 0 saturated carbocycles. The third kappa shape index (κ3) is 9.75. The number of morpholine rings is 1. The van der Waals surface area contributed by atoms with Crippen molar-refractivity contribution >= 4 is 64.5 Å². The fourth-order valence-corrected chi connectivity index (χ4v) is 11.5. The van der Waals surface area contributed by atoms with Gasteiger partial charge in [-0.1, -0.05) is 40.3 Å². The average molecular weight is 992 g/mol. The van der Waals surface area contributed by atoms with Crippen LogP contribution in [-0.2, 0) is 52.8 Å². The number of hydrogen-bond donors (Lipinski definition) is 2. The molecule has 71 heavy (non-hydrogen) atoms. The van der Waals surface area contributed by atoms with Crippen LogP contribution in [0.4, 0.5) is 4.79 Å². The minimum atomic E-state index is -1.26. The Hall–Kier alpha value is -6.31. The fourth-order valence-electron chi connectivity index (χ4n) is 10.7. The summed E-state index contributed by atoms with van der Waals surface area (Å²) >= 11 is 1.35. The second-order valence-electron chi connectivity index (χ2n) is 20.3. The summed E-state index contributed by atoms with van der Waals surface area (Å²) in [6, 6.07) is 7.95. The fraction of sp³-hybridized carbons (Fsp3) is 0.519. The number of fused-ring (bicyclic) bond motifs is 6. The minimum Gasteiger partial charge on any atom is -0.460 e. The van der Waals surface area contributed by atoms with Gasteiger partial charge in [0.15, 0.2) is 6.72 Å². The number of aromatic nitrogens is 3. The van der Waals surface area contributed by atoms with Crippen LogP contribution in [0.2, 0.25) is 0 Å². The first-order valence-electron chi connectivity index (χ1n) is 24.4. The zero-order chi connectivity index (χ0) is 51.1. The number of carbonyl (C=O) groups excluding carboxylic acids is 5. The number of hydrazone groups is 1. The van der Waals surface area contributed by atoms with Crippen molar-refractivity contribution in [3.8, 4) is 22.5 Å². The number of urea groups is 1. The van der Waals surface area contributed by atoms with Crippen molar-refractivity contribution in [3.63, 3.8) is 0 Å². The van der Waals surface area contributed by atoms with E-state index < -0.39 is 58.7 Å². The number of thiazole rings is 1. The first kappa shape index (κ1) is 51.1. The Morgan fingerprint density at radius 1 is 1.14 bits per heavy atom. The highest BCUT2D eigenvalue weighted by Gasteiger charge is 2.54. The van der Waals surface area contributed by atoms with E-state index >= 15 is 0 Å². The number of amidine groups is 1. The number of ether oxygens (including phenoxy) is 3. The van der Waals surface area contributed by atoms with E-state index in [1.54, 1.807) is 30.2 Å². The molecule has 378 valence electrons. The lowest BCUT2D eigenvalue weighted by atomic mass is 9.84. The van der Waals surface area contributed by atoms with E-state index in [1.165, 1.54) is 32.0 Å². The van der Waals surface area contributed by atoms with Gasteiger partial charge in [-0.25, -0.2) is 14.6 Å². The standard InChI is InChI=1S/C52H66N10O8S/c1-11-42(63)59-27-52(28-59)30-69-22-21-61(52)50(67)57(8)44(31(3)4)47(64)56-46(53)36-24-41-55-38(26-71-41)33-17-18-39-35(23-33)37(45(60(39)12-2)34-15-13-19-54-43(34)32(5)68-10)25-51(6,7)29-70-49(66)40-16-14-20-62(48(36)65)58(40)9/h11,13,15,17-19,23,26,31-32,36,40,44H,1,9,12,14,16,20-22,24-25,27-30H2,2-8,10H3,(H-,53,56,64)/p+1/t32-,36?,40-,44-/m0/s1. The maximum atomic E-state index is 14.9. The summed E-state index contributed by atoms with van der Waals surface area (Å²) < 4.78 is 21.4. The van der Waals surface area contributed by atoms with Crippen LogP contribution in [0.3, 0.4) is 0 Å². The quantitative estimate of drug-likeness (QED) is 0.0688. The first-order valence-corrected chi connectivity index (χ1v) is 25.3. The Balaban J connectivity index is 1.14. The van der Waals surface area contributed by atoms with Crippen molar-refractivity contribution in [1.29, 1.82) is 5.41 Å². The summed E-state index contributed by atoms with van der Waals surface area (Å²) in [6.07, 6.45) is 4.10. The lowest BCUT2D eigenvalue weighted by Gasteiger charge is -2.57. The van der Waals surface area contributed by atoms with Gasteiger partial charge in [0.2, 0.25) is 11.8 Å². The predicted octanol–water partition coefficient (Wildman–Crippen LogP) is 5.73. The summed E-state index contributed by atoms with van der Waals surface area (Å²) in [5, 5.41) is 17.1. The van der Waals surface area contributed by atoms with E-state index in [1.807, 2.05) is 38.3 Å². The van der Waals surface area contributed by atoms with Crippen LogP contribution in [0.15, 0.2) is 54.6 Å². The molecule has 6 bridgehead atoms. The van der Waals surface area contributed by atoms with Crippen molar-refractivity contribution < 1.29 is 42.9 Å². The van der Waals surface area contributed by atoms with Crippen LogP contribution < -0.4 is 5.32 Å². The van der Waals surface area contributed by atoms with Crippen LogP contribution in [0, 0.1) is 22.7 Å². The normalized spacial score (nSPS) is 21.0. The monoisotopic (exact) mass is 991 g/mol. The number of hydrazine groups is 1. The molecule has 5 amide bonds. The molecule has 3 aromatic heterocycles. The van der Waals surface area contributed by atoms with Crippen molar-refractivity contribution in [3.05, 3.63) is 70.8 Å². The third-order valence-electron chi connectivity index (χ3n) is 14.5. The van der Waals surface area contributed by atoms with E-state index in [0.29, 0.717) is 43.1 Å². The molecule has 4 aromatic rings. The molecular formula is C52H67N10O8S+. The number of nitrogens with zero attached hydrogens (tertiary/aromatic N) is 8. The molecule has 19 heteroatoms. The van der Waals surface area contributed by atoms with Crippen molar-refractivity contribution in [2.75, 3.05) is 60.2 Å². The Bertz CT molecular complexity index is 2780. The van der Waals surface area contributed by atoms with Crippen molar-refractivity contribution in [2.45, 2.75) is 97.5 Å². The molecule has 7 heterocycles. The summed E-state index contributed by atoms with van der Waals surface area (Å²) in [5.41, 5.74) is 5.10. The third-order valence-corrected chi connectivity index (χ3v) is 15.3. The molecular weight excluding hydrogens is 925 g/mol. The molecule has 0 aliphatic carbocycles. The summed E-state index contributed by atoms with van der Waals surface area (Å²) in [4.78, 5) is 84.8. The van der Waals surface area contributed by atoms with Crippen molar-refractivity contribution in [1.82, 2.24) is 39.6 Å². The lowest BCUT2D eigenvalue weighted by molar-refractivity contribution is -0.693. The number of aryl methyl sites for hydroxylation is 1. The summed E-state index contributed by atoms with van der Waals surface area (Å²) in [5.74, 6) is -3.98. The molecule has 3 saturated heterocycles. The van der Waals surface area contributed by atoms with E-state index in [4.69, 9.17) is 24.2 Å².